The highest BCUT2D eigenvalue weighted by Crippen LogP contribution is 2.26. The van der Waals surface area contributed by atoms with Gasteiger partial charge in [0.2, 0.25) is 11.8 Å². The number of aromatic amines is 1. The molecule has 3 rings (SSSR count). The molecule has 0 atom stereocenters. The van der Waals surface area contributed by atoms with Gasteiger partial charge in [-0.15, -0.1) is 5.10 Å². The third kappa shape index (κ3) is 4.76. The summed E-state index contributed by atoms with van der Waals surface area (Å²) >= 11 is 0. The zero-order valence-corrected chi connectivity index (χ0v) is 16.5. The first-order valence-electron chi connectivity index (χ1n) is 8.47. The van der Waals surface area contributed by atoms with Gasteiger partial charge in [-0.3, -0.25) is 19.9 Å². The smallest absolute Gasteiger partial charge is 0.289 e. The number of halogens is 3. The van der Waals surface area contributed by atoms with Crippen molar-refractivity contribution in [2.45, 2.75) is 24.9 Å². The molecule has 0 unspecified atom stereocenters. The molecule has 0 saturated carbocycles. The number of nitrogens with one attached hydrogen (secondary N) is 3. The van der Waals surface area contributed by atoms with Gasteiger partial charge in [-0.25, -0.2) is 8.42 Å². The number of rotatable bonds is 5. The van der Waals surface area contributed by atoms with Gasteiger partial charge in [0.05, 0.1) is 4.90 Å². The number of carbonyl (C=O) groups is 1. The Kier molecular flexibility index (Phi) is 5.53. The molecule has 0 saturated heterocycles. The molecule has 0 bridgehead atoms. The van der Waals surface area contributed by atoms with Crippen molar-refractivity contribution < 1.29 is 26.4 Å². The van der Waals surface area contributed by atoms with Crippen molar-refractivity contribution in [3.05, 3.63) is 65.0 Å². The Morgan fingerprint density at radius 2 is 1.83 bits per heavy atom. The number of alkyl halides is 3. The minimum Gasteiger partial charge on any atom is -0.289 e. The summed E-state index contributed by atoms with van der Waals surface area (Å²) in [6, 6.07) is 10.5. The van der Waals surface area contributed by atoms with E-state index in [0.717, 1.165) is 5.56 Å². The molecule has 158 valence electrons. The van der Waals surface area contributed by atoms with Gasteiger partial charge >= 0.3 is 6.18 Å². The van der Waals surface area contributed by atoms with Gasteiger partial charge in [0.15, 0.2) is 0 Å². The van der Waals surface area contributed by atoms with Crippen LogP contribution < -0.4 is 10.0 Å². The molecule has 30 heavy (non-hydrogen) atoms. The van der Waals surface area contributed by atoms with Crippen LogP contribution in [0.1, 0.15) is 27.3 Å². The van der Waals surface area contributed by atoms with Crippen LogP contribution in [0.4, 0.5) is 24.8 Å². The molecule has 0 aliphatic heterocycles. The summed E-state index contributed by atoms with van der Waals surface area (Å²) in [7, 11) is -3.92. The number of H-pyrrole nitrogens is 1. The number of hydrogen-bond acceptors (Lipinski definition) is 5. The van der Waals surface area contributed by atoms with Crippen LogP contribution in [0, 0.1) is 13.8 Å². The Hall–Kier alpha value is -3.41. The highest BCUT2D eigenvalue weighted by atomic mass is 32.2. The maximum absolute atomic E-state index is 12.7. The van der Waals surface area contributed by atoms with E-state index in [1.54, 1.807) is 31.1 Å². The summed E-state index contributed by atoms with van der Waals surface area (Å²) in [5, 5.41) is 7.09. The predicted octanol–water partition coefficient (Wildman–Crippen LogP) is 3.49. The number of carbonyl (C=O) groups excluding carboxylic acids is 1. The van der Waals surface area contributed by atoms with E-state index in [4.69, 9.17) is 0 Å². The van der Waals surface area contributed by atoms with E-state index in [1.165, 1.54) is 30.3 Å². The number of amides is 1. The number of nitrogens with zero attached hydrogens (tertiary/aromatic N) is 2. The molecule has 3 aromatic rings. The third-order valence-electron chi connectivity index (χ3n) is 3.99. The van der Waals surface area contributed by atoms with E-state index in [9.17, 15) is 26.4 Å². The molecule has 1 heterocycles. The van der Waals surface area contributed by atoms with Gasteiger partial charge in [-0.2, -0.15) is 18.2 Å². The van der Waals surface area contributed by atoms with Crippen molar-refractivity contribution in [2.75, 3.05) is 10.0 Å². The molecular weight excluding hydrogens is 423 g/mol. The molecule has 0 fully saturated rings. The molecule has 12 heteroatoms. The third-order valence-corrected chi connectivity index (χ3v) is 5.51. The van der Waals surface area contributed by atoms with Crippen LogP contribution in [0.5, 0.6) is 0 Å². The van der Waals surface area contributed by atoms with Crippen LogP contribution in [-0.2, 0) is 16.2 Å². The minimum absolute atomic E-state index is 0.00507. The Morgan fingerprint density at radius 1 is 1.10 bits per heavy atom. The number of aryl methyl sites for hydroxylation is 2. The first-order chi connectivity index (χ1) is 14.0. The maximum atomic E-state index is 12.7. The van der Waals surface area contributed by atoms with Crippen molar-refractivity contribution >= 4 is 27.6 Å². The second kappa shape index (κ2) is 7.78. The summed E-state index contributed by atoms with van der Waals surface area (Å²) in [5.74, 6) is -2.72. The SMILES string of the molecule is Cc1ccc(C)c(S(=O)(=O)Nc2cccc(C(=O)Nc3n[nH]c(C(F)(F)F)n3)c2)c1. The second-order valence-electron chi connectivity index (χ2n) is 6.41. The molecule has 0 radical (unpaired) electrons. The molecule has 0 aliphatic carbocycles. The molecule has 0 aliphatic rings. The number of anilines is 2. The second-order valence-corrected chi connectivity index (χ2v) is 8.07. The Morgan fingerprint density at radius 3 is 2.50 bits per heavy atom. The Bertz CT molecular complexity index is 1210. The van der Waals surface area contributed by atoms with Crippen LogP contribution in [0.2, 0.25) is 0 Å². The predicted molar refractivity (Wildman–Crippen MR) is 103 cm³/mol. The normalized spacial score (nSPS) is 11.9. The topological polar surface area (TPSA) is 117 Å². The van der Waals surface area contributed by atoms with Gasteiger partial charge < -0.3 is 0 Å². The quantitative estimate of drug-likeness (QED) is 0.563. The summed E-state index contributed by atoms with van der Waals surface area (Å²) in [5.41, 5.74) is 1.41. The summed E-state index contributed by atoms with van der Waals surface area (Å²) in [6.07, 6.45) is -4.73. The highest BCUT2D eigenvalue weighted by molar-refractivity contribution is 7.92. The lowest BCUT2D eigenvalue weighted by atomic mass is 10.2. The number of benzene rings is 2. The zero-order valence-electron chi connectivity index (χ0n) is 15.7. The average Bonchev–Trinajstić information content (AvgIpc) is 3.12. The lowest BCUT2D eigenvalue weighted by Gasteiger charge is -2.12. The van der Waals surface area contributed by atoms with Crippen molar-refractivity contribution in [2.24, 2.45) is 0 Å². The fourth-order valence-corrected chi connectivity index (χ4v) is 3.93. The molecule has 3 N–H and O–H groups in total. The van der Waals surface area contributed by atoms with Gasteiger partial charge in [-0.05, 0) is 49.2 Å². The molecular formula is C18H16F3N5O3S. The van der Waals surface area contributed by atoms with Crippen LogP contribution in [0.25, 0.3) is 0 Å². The van der Waals surface area contributed by atoms with E-state index >= 15 is 0 Å². The van der Waals surface area contributed by atoms with Crippen LogP contribution in [0.3, 0.4) is 0 Å². The van der Waals surface area contributed by atoms with E-state index < -0.39 is 33.9 Å². The lowest BCUT2D eigenvalue weighted by molar-refractivity contribution is -0.144. The molecule has 8 nitrogen and oxygen atoms in total. The average molecular weight is 439 g/mol. The van der Waals surface area contributed by atoms with Gasteiger partial charge in [0, 0.05) is 11.3 Å². The number of sulfonamides is 1. The highest BCUT2D eigenvalue weighted by Gasteiger charge is 2.35. The summed E-state index contributed by atoms with van der Waals surface area (Å²) in [6.45, 7) is 3.42. The fraction of sp³-hybridized carbons (Fsp3) is 0.167. The largest absolute Gasteiger partial charge is 0.451 e. The minimum atomic E-state index is -4.73. The van der Waals surface area contributed by atoms with E-state index in [2.05, 4.69) is 20.1 Å². The van der Waals surface area contributed by atoms with Gasteiger partial charge in [0.25, 0.3) is 15.9 Å². The summed E-state index contributed by atoms with van der Waals surface area (Å²) in [4.78, 5) is 15.5. The number of aromatic nitrogens is 3. The fourth-order valence-electron chi connectivity index (χ4n) is 2.55. The molecule has 0 spiro atoms. The van der Waals surface area contributed by atoms with E-state index in [1.807, 2.05) is 0 Å². The van der Waals surface area contributed by atoms with Crippen LogP contribution in [-0.4, -0.2) is 29.5 Å². The van der Waals surface area contributed by atoms with Crippen LogP contribution >= 0.6 is 0 Å². The van der Waals surface area contributed by atoms with E-state index in [0.29, 0.717) is 5.56 Å². The number of hydrogen-bond donors (Lipinski definition) is 3. The zero-order chi connectivity index (χ0) is 22.1. The lowest BCUT2D eigenvalue weighted by Crippen LogP contribution is -2.16. The van der Waals surface area contributed by atoms with Gasteiger partial charge in [0.1, 0.15) is 0 Å². The van der Waals surface area contributed by atoms with Crippen molar-refractivity contribution in [1.29, 1.82) is 0 Å². The first kappa shape index (κ1) is 21.3. The van der Waals surface area contributed by atoms with Crippen LogP contribution in [0.15, 0.2) is 47.4 Å². The van der Waals surface area contributed by atoms with E-state index in [-0.39, 0.29) is 16.1 Å². The molecule has 1 aromatic heterocycles. The standard InChI is InChI=1S/C18H16F3N5O3S/c1-10-6-7-11(2)14(8-10)30(28,29)26-13-5-3-4-12(9-13)15(27)22-17-23-16(24-25-17)18(19,20)21/h3-9,26H,1-2H3,(H2,22,23,24,25,27). The molecule has 1 amide bonds. The van der Waals surface area contributed by atoms with Crippen molar-refractivity contribution in [3.8, 4) is 0 Å². The van der Waals surface area contributed by atoms with Gasteiger partial charge in [-0.1, -0.05) is 18.2 Å². The monoisotopic (exact) mass is 439 g/mol. The maximum Gasteiger partial charge on any atom is 0.451 e. The summed E-state index contributed by atoms with van der Waals surface area (Å²) < 4.78 is 65.5. The van der Waals surface area contributed by atoms with Crippen molar-refractivity contribution in [1.82, 2.24) is 15.2 Å². The van der Waals surface area contributed by atoms with Crippen molar-refractivity contribution in [3.63, 3.8) is 0 Å². The Balaban J connectivity index is 1.79. The first-order valence-corrected chi connectivity index (χ1v) is 9.95. The Labute approximate surface area is 169 Å². The molecule has 2 aromatic carbocycles.